The maximum atomic E-state index is 12.3. The summed E-state index contributed by atoms with van der Waals surface area (Å²) in [7, 11) is 0. The number of benzene rings is 1. The molecule has 0 saturated carbocycles. The largest absolute Gasteiger partial charge is 0.339 e. The Labute approximate surface area is 110 Å². The number of hydrogen-bond acceptors (Lipinski definition) is 4. The smallest absolute Gasteiger partial charge is 0.253 e. The Bertz CT molecular complexity index is 543. The zero-order valence-corrected chi connectivity index (χ0v) is 10.5. The Balaban J connectivity index is 1.76. The summed E-state index contributed by atoms with van der Waals surface area (Å²) < 4.78 is 0. The minimum Gasteiger partial charge on any atom is -0.339 e. The SMILES string of the molecule is O=C(c1ccc(-c2nnn[nH]2)cc1)N1CCCCC1. The van der Waals surface area contributed by atoms with Crippen LogP contribution in [-0.4, -0.2) is 44.5 Å². The van der Waals surface area contributed by atoms with Crippen LogP contribution in [0.1, 0.15) is 29.6 Å². The molecular weight excluding hydrogens is 242 g/mol. The quantitative estimate of drug-likeness (QED) is 0.884. The van der Waals surface area contributed by atoms with Gasteiger partial charge < -0.3 is 4.90 Å². The van der Waals surface area contributed by atoms with E-state index >= 15 is 0 Å². The van der Waals surface area contributed by atoms with E-state index in [1.807, 2.05) is 29.2 Å². The molecule has 1 fully saturated rings. The molecule has 98 valence electrons. The zero-order chi connectivity index (χ0) is 13.1. The molecule has 0 atom stereocenters. The highest BCUT2D eigenvalue weighted by Crippen LogP contribution is 2.17. The highest BCUT2D eigenvalue weighted by Gasteiger charge is 2.18. The summed E-state index contributed by atoms with van der Waals surface area (Å²) in [5.74, 6) is 0.721. The van der Waals surface area contributed by atoms with Gasteiger partial charge in [-0.1, -0.05) is 12.1 Å². The second-order valence-electron chi connectivity index (χ2n) is 4.68. The van der Waals surface area contributed by atoms with E-state index < -0.39 is 0 Å². The highest BCUT2D eigenvalue weighted by molar-refractivity contribution is 5.94. The van der Waals surface area contributed by atoms with Crippen LogP contribution in [0.15, 0.2) is 24.3 Å². The minimum atomic E-state index is 0.113. The van der Waals surface area contributed by atoms with Gasteiger partial charge in [-0.25, -0.2) is 5.10 Å². The molecule has 0 unspecified atom stereocenters. The van der Waals surface area contributed by atoms with Crippen LogP contribution in [0.3, 0.4) is 0 Å². The van der Waals surface area contributed by atoms with Gasteiger partial charge in [0.2, 0.25) is 0 Å². The van der Waals surface area contributed by atoms with Gasteiger partial charge in [-0.05, 0) is 41.8 Å². The molecule has 19 heavy (non-hydrogen) atoms. The van der Waals surface area contributed by atoms with Gasteiger partial charge in [-0.3, -0.25) is 4.79 Å². The number of H-pyrrole nitrogens is 1. The van der Waals surface area contributed by atoms with Gasteiger partial charge in [0.1, 0.15) is 0 Å². The summed E-state index contributed by atoms with van der Waals surface area (Å²) in [5, 5.41) is 13.6. The number of amides is 1. The number of likely N-dealkylation sites (tertiary alicyclic amines) is 1. The van der Waals surface area contributed by atoms with E-state index in [4.69, 9.17) is 0 Å². The van der Waals surface area contributed by atoms with Crippen molar-refractivity contribution in [2.24, 2.45) is 0 Å². The Hall–Kier alpha value is -2.24. The second-order valence-corrected chi connectivity index (χ2v) is 4.68. The number of carbonyl (C=O) groups is 1. The van der Waals surface area contributed by atoms with E-state index in [1.165, 1.54) is 6.42 Å². The summed E-state index contributed by atoms with van der Waals surface area (Å²) in [6.07, 6.45) is 3.43. The molecular formula is C13H15N5O. The first-order chi connectivity index (χ1) is 9.34. The van der Waals surface area contributed by atoms with Crippen LogP contribution in [0.2, 0.25) is 0 Å². The van der Waals surface area contributed by atoms with Crippen LogP contribution >= 0.6 is 0 Å². The number of rotatable bonds is 2. The molecule has 3 rings (SSSR count). The number of tetrazole rings is 1. The lowest BCUT2D eigenvalue weighted by molar-refractivity contribution is 0.0724. The number of piperidine rings is 1. The lowest BCUT2D eigenvalue weighted by Crippen LogP contribution is -2.35. The molecule has 1 amide bonds. The molecule has 6 heteroatoms. The molecule has 0 bridgehead atoms. The molecule has 0 spiro atoms. The predicted octanol–water partition coefficient (Wildman–Crippen LogP) is 1.49. The maximum Gasteiger partial charge on any atom is 0.253 e. The summed E-state index contributed by atoms with van der Waals surface area (Å²) in [5.41, 5.74) is 1.60. The number of aromatic amines is 1. The molecule has 0 aliphatic carbocycles. The minimum absolute atomic E-state index is 0.113. The van der Waals surface area contributed by atoms with Crippen LogP contribution in [-0.2, 0) is 0 Å². The molecule has 1 aromatic carbocycles. The van der Waals surface area contributed by atoms with Crippen molar-refractivity contribution >= 4 is 5.91 Å². The molecule has 1 aliphatic heterocycles. The Morgan fingerprint density at radius 3 is 2.47 bits per heavy atom. The molecule has 1 aromatic heterocycles. The van der Waals surface area contributed by atoms with Gasteiger partial charge in [0.15, 0.2) is 5.82 Å². The monoisotopic (exact) mass is 257 g/mol. The third-order valence-electron chi connectivity index (χ3n) is 3.39. The molecule has 1 aliphatic rings. The van der Waals surface area contributed by atoms with Crippen LogP contribution in [0.5, 0.6) is 0 Å². The Morgan fingerprint density at radius 1 is 1.11 bits per heavy atom. The van der Waals surface area contributed by atoms with Crippen molar-refractivity contribution in [2.45, 2.75) is 19.3 Å². The molecule has 0 radical (unpaired) electrons. The molecule has 2 heterocycles. The number of hydrogen-bond donors (Lipinski definition) is 1. The first-order valence-corrected chi connectivity index (χ1v) is 6.48. The standard InChI is InChI=1S/C13H15N5O/c19-13(18-8-2-1-3-9-18)11-6-4-10(5-7-11)12-14-16-17-15-12/h4-7H,1-3,8-9H2,(H,14,15,16,17). The van der Waals surface area contributed by atoms with Crippen molar-refractivity contribution in [2.75, 3.05) is 13.1 Å². The maximum absolute atomic E-state index is 12.3. The number of nitrogens with one attached hydrogen (secondary N) is 1. The summed E-state index contributed by atoms with van der Waals surface area (Å²) in [6, 6.07) is 7.38. The van der Waals surface area contributed by atoms with Crippen molar-refractivity contribution < 1.29 is 4.79 Å². The summed E-state index contributed by atoms with van der Waals surface area (Å²) in [4.78, 5) is 14.2. The predicted molar refractivity (Wildman–Crippen MR) is 69.4 cm³/mol. The van der Waals surface area contributed by atoms with Gasteiger partial charge in [0, 0.05) is 24.2 Å². The third-order valence-corrected chi connectivity index (χ3v) is 3.39. The van der Waals surface area contributed by atoms with E-state index in [1.54, 1.807) is 0 Å². The van der Waals surface area contributed by atoms with Crippen LogP contribution in [0.25, 0.3) is 11.4 Å². The number of aromatic nitrogens is 4. The fraction of sp³-hybridized carbons (Fsp3) is 0.385. The van der Waals surface area contributed by atoms with E-state index in [0.717, 1.165) is 37.1 Å². The highest BCUT2D eigenvalue weighted by atomic mass is 16.2. The Kier molecular flexibility index (Phi) is 3.22. The van der Waals surface area contributed by atoms with E-state index in [9.17, 15) is 4.79 Å². The second kappa shape index (κ2) is 5.17. The molecule has 1 saturated heterocycles. The van der Waals surface area contributed by atoms with E-state index in [-0.39, 0.29) is 5.91 Å². The first-order valence-electron chi connectivity index (χ1n) is 6.48. The lowest BCUT2D eigenvalue weighted by atomic mass is 10.1. The van der Waals surface area contributed by atoms with Gasteiger partial charge in [-0.15, -0.1) is 5.10 Å². The van der Waals surface area contributed by atoms with Crippen molar-refractivity contribution in [3.8, 4) is 11.4 Å². The van der Waals surface area contributed by atoms with Gasteiger partial charge in [0.25, 0.3) is 5.91 Å². The van der Waals surface area contributed by atoms with Crippen molar-refractivity contribution in [3.05, 3.63) is 29.8 Å². The van der Waals surface area contributed by atoms with Gasteiger partial charge in [-0.2, -0.15) is 0 Å². The zero-order valence-electron chi connectivity index (χ0n) is 10.5. The average Bonchev–Trinajstić information content (AvgIpc) is 3.02. The van der Waals surface area contributed by atoms with Crippen molar-refractivity contribution in [1.29, 1.82) is 0 Å². The van der Waals surface area contributed by atoms with Crippen molar-refractivity contribution in [3.63, 3.8) is 0 Å². The van der Waals surface area contributed by atoms with Crippen molar-refractivity contribution in [1.82, 2.24) is 25.5 Å². The topological polar surface area (TPSA) is 74.8 Å². The van der Waals surface area contributed by atoms with Gasteiger partial charge >= 0.3 is 0 Å². The summed E-state index contributed by atoms with van der Waals surface area (Å²) in [6.45, 7) is 1.74. The molecule has 6 nitrogen and oxygen atoms in total. The normalized spacial score (nSPS) is 15.5. The van der Waals surface area contributed by atoms with Crippen LogP contribution < -0.4 is 0 Å². The number of nitrogens with zero attached hydrogens (tertiary/aromatic N) is 4. The first kappa shape index (κ1) is 11.8. The number of carbonyl (C=O) groups excluding carboxylic acids is 1. The van der Waals surface area contributed by atoms with Crippen LogP contribution in [0, 0.1) is 0 Å². The Morgan fingerprint density at radius 2 is 1.84 bits per heavy atom. The molecule has 1 N–H and O–H groups in total. The van der Waals surface area contributed by atoms with Crippen LogP contribution in [0.4, 0.5) is 0 Å². The fourth-order valence-corrected chi connectivity index (χ4v) is 2.33. The summed E-state index contributed by atoms with van der Waals surface area (Å²) >= 11 is 0. The molecule has 2 aromatic rings. The fourth-order valence-electron chi connectivity index (χ4n) is 2.33. The van der Waals surface area contributed by atoms with E-state index in [0.29, 0.717) is 5.82 Å². The van der Waals surface area contributed by atoms with Gasteiger partial charge in [0.05, 0.1) is 0 Å². The lowest BCUT2D eigenvalue weighted by Gasteiger charge is -2.26. The average molecular weight is 257 g/mol. The third kappa shape index (κ3) is 2.47. The van der Waals surface area contributed by atoms with E-state index in [2.05, 4.69) is 20.6 Å².